The molecule has 88 valence electrons. The monoisotopic (exact) mass is 240 g/mol. The molecule has 8 heteroatoms. The lowest BCUT2D eigenvalue weighted by molar-refractivity contribution is -0.138. The Hall–Kier alpha value is -1.73. The molecule has 17 heavy (non-hydrogen) atoms. The van der Waals surface area contributed by atoms with E-state index >= 15 is 0 Å². The van der Waals surface area contributed by atoms with Crippen LogP contribution in [-0.2, 0) is 13.2 Å². The van der Waals surface area contributed by atoms with Crippen molar-refractivity contribution >= 4 is 13.3 Å². The number of aromatic nitrogens is 4. The molecule has 0 saturated carbocycles. The van der Waals surface area contributed by atoms with Gasteiger partial charge in [-0.25, -0.2) is 4.68 Å². The molecule has 4 nitrogen and oxygen atoms in total. The first-order chi connectivity index (χ1) is 7.80. The van der Waals surface area contributed by atoms with Crippen LogP contribution in [0.3, 0.4) is 0 Å². The maximum absolute atomic E-state index is 12.9. The maximum atomic E-state index is 12.9. The van der Waals surface area contributed by atoms with Gasteiger partial charge in [0, 0.05) is 19.4 Å². The number of hydrogen-bond donors (Lipinski definition) is 0. The average Bonchev–Trinajstić information content (AvgIpc) is 2.68. The van der Waals surface area contributed by atoms with Crippen LogP contribution in [0.25, 0.3) is 5.82 Å². The molecule has 0 atom stereocenters. The minimum atomic E-state index is -4.48. The average molecular weight is 240 g/mol. The van der Waals surface area contributed by atoms with Crippen molar-refractivity contribution in [2.45, 2.75) is 13.1 Å². The Kier molecular flexibility index (Phi) is 2.52. The molecule has 0 saturated heterocycles. The summed E-state index contributed by atoms with van der Waals surface area (Å²) in [6.45, 7) is 1.30. The molecule has 0 spiro atoms. The molecule has 2 radical (unpaired) electrons. The largest absolute Gasteiger partial charge is 0.421 e. The topological polar surface area (TPSA) is 35.6 Å². The zero-order chi connectivity index (χ0) is 12.8. The van der Waals surface area contributed by atoms with Gasteiger partial charge in [-0.3, -0.25) is 4.68 Å². The van der Waals surface area contributed by atoms with Gasteiger partial charge in [0.15, 0.2) is 5.82 Å². The van der Waals surface area contributed by atoms with Crippen LogP contribution >= 0.6 is 0 Å². The summed E-state index contributed by atoms with van der Waals surface area (Å²) in [6, 6.07) is 0. The third-order valence-corrected chi connectivity index (χ3v) is 2.29. The van der Waals surface area contributed by atoms with Crippen molar-refractivity contribution in [3.05, 3.63) is 23.7 Å². The van der Waals surface area contributed by atoms with E-state index in [1.807, 2.05) is 0 Å². The fraction of sp³-hybridized carbons (Fsp3) is 0.333. The predicted molar refractivity (Wildman–Crippen MR) is 55.5 cm³/mol. The molecule has 2 rings (SSSR count). The Morgan fingerprint density at radius 1 is 1.35 bits per heavy atom. The SMILES string of the molecule is [B]c1cnn(-c2c(C(F)(F)F)c(C)nn2C)c1. The highest BCUT2D eigenvalue weighted by Gasteiger charge is 2.39. The smallest absolute Gasteiger partial charge is 0.250 e. The van der Waals surface area contributed by atoms with E-state index in [4.69, 9.17) is 7.85 Å². The lowest BCUT2D eigenvalue weighted by atomic mass is 10.0. The number of rotatable bonds is 1. The minimum Gasteiger partial charge on any atom is -0.250 e. The molecule has 2 aromatic rings. The summed E-state index contributed by atoms with van der Waals surface area (Å²) >= 11 is 0. The second-order valence-corrected chi connectivity index (χ2v) is 3.62. The zero-order valence-corrected chi connectivity index (χ0v) is 9.15. The van der Waals surface area contributed by atoms with Gasteiger partial charge in [-0.05, 0) is 6.92 Å². The van der Waals surface area contributed by atoms with Gasteiger partial charge in [0.05, 0.1) is 5.69 Å². The highest BCUT2D eigenvalue weighted by molar-refractivity contribution is 6.31. The molecule has 0 unspecified atom stereocenters. The van der Waals surface area contributed by atoms with Crippen LogP contribution in [0.1, 0.15) is 11.3 Å². The van der Waals surface area contributed by atoms with Crippen molar-refractivity contribution in [3.63, 3.8) is 0 Å². The van der Waals surface area contributed by atoms with Crippen LogP contribution in [0.2, 0.25) is 0 Å². The summed E-state index contributed by atoms with van der Waals surface area (Å²) in [5, 5.41) is 7.52. The van der Waals surface area contributed by atoms with Crippen LogP contribution < -0.4 is 5.46 Å². The quantitative estimate of drug-likeness (QED) is 0.688. The van der Waals surface area contributed by atoms with Gasteiger partial charge in [0.2, 0.25) is 0 Å². The molecule has 0 aliphatic heterocycles. The summed E-state index contributed by atoms with van der Waals surface area (Å²) in [6.07, 6.45) is -1.89. The first kappa shape index (κ1) is 11.8. The standard InChI is InChI=1S/C9H8BF3N4/c1-5-7(9(11,12)13)8(16(2)15-5)17-4-6(10)3-14-17/h3-4H,1-2H3. The molecule has 0 amide bonds. The van der Waals surface area contributed by atoms with Gasteiger partial charge < -0.3 is 0 Å². The number of alkyl halides is 3. The number of hydrogen-bond acceptors (Lipinski definition) is 2. The lowest BCUT2D eigenvalue weighted by Gasteiger charge is -2.09. The van der Waals surface area contributed by atoms with E-state index in [9.17, 15) is 13.2 Å². The van der Waals surface area contributed by atoms with Crippen molar-refractivity contribution in [2.24, 2.45) is 7.05 Å². The predicted octanol–water partition coefficient (Wildman–Crippen LogP) is 0.727. The fourth-order valence-corrected chi connectivity index (χ4v) is 1.69. The number of halogens is 3. The Morgan fingerprint density at radius 3 is 2.47 bits per heavy atom. The van der Waals surface area contributed by atoms with E-state index in [-0.39, 0.29) is 17.0 Å². The van der Waals surface area contributed by atoms with E-state index in [0.29, 0.717) is 0 Å². The first-order valence-electron chi connectivity index (χ1n) is 4.72. The van der Waals surface area contributed by atoms with Crippen molar-refractivity contribution in [3.8, 4) is 5.82 Å². The number of nitrogens with zero attached hydrogens (tertiary/aromatic N) is 4. The lowest BCUT2D eigenvalue weighted by Crippen LogP contribution is -2.13. The summed E-state index contributed by atoms with van der Waals surface area (Å²) in [7, 11) is 6.86. The Bertz CT molecular complexity index is 555. The van der Waals surface area contributed by atoms with E-state index in [1.165, 1.54) is 26.4 Å². The van der Waals surface area contributed by atoms with E-state index in [2.05, 4.69) is 10.2 Å². The van der Waals surface area contributed by atoms with Gasteiger partial charge in [0.1, 0.15) is 13.4 Å². The van der Waals surface area contributed by atoms with Crippen molar-refractivity contribution in [1.82, 2.24) is 19.6 Å². The van der Waals surface area contributed by atoms with Gasteiger partial charge in [0.25, 0.3) is 0 Å². The Morgan fingerprint density at radius 2 is 2.00 bits per heavy atom. The van der Waals surface area contributed by atoms with Crippen LogP contribution in [0.5, 0.6) is 0 Å². The van der Waals surface area contributed by atoms with Crippen LogP contribution in [0.15, 0.2) is 12.4 Å². The second-order valence-electron chi connectivity index (χ2n) is 3.62. The summed E-state index contributed by atoms with van der Waals surface area (Å²) in [5.41, 5.74) is -0.607. The molecule has 2 heterocycles. The molecule has 0 aromatic carbocycles. The molecule has 0 N–H and O–H groups in total. The molecule has 0 aliphatic carbocycles. The molecule has 0 bridgehead atoms. The minimum absolute atomic E-state index is 0.0935. The molecule has 0 fully saturated rings. The zero-order valence-electron chi connectivity index (χ0n) is 9.15. The highest BCUT2D eigenvalue weighted by atomic mass is 19.4. The first-order valence-corrected chi connectivity index (χ1v) is 4.72. The third kappa shape index (κ3) is 1.94. The fourth-order valence-electron chi connectivity index (χ4n) is 1.69. The maximum Gasteiger partial charge on any atom is 0.421 e. The molecular formula is C9H8BF3N4. The highest BCUT2D eigenvalue weighted by Crippen LogP contribution is 2.35. The molecule has 0 aliphatic rings. The number of aryl methyl sites for hydroxylation is 2. The van der Waals surface area contributed by atoms with Gasteiger partial charge in [-0.1, -0.05) is 5.46 Å². The second kappa shape index (κ2) is 3.64. The Labute approximate surface area is 96.4 Å². The van der Waals surface area contributed by atoms with Crippen LogP contribution in [-0.4, -0.2) is 27.4 Å². The normalized spacial score (nSPS) is 12.1. The summed E-state index contributed by atoms with van der Waals surface area (Å²) in [4.78, 5) is 0. The van der Waals surface area contributed by atoms with Crippen LogP contribution in [0.4, 0.5) is 13.2 Å². The summed E-state index contributed by atoms with van der Waals surface area (Å²) in [5.74, 6) is -0.147. The van der Waals surface area contributed by atoms with Crippen molar-refractivity contribution in [1.29, 1.82) is 0 Å². The van der Waals surface area contributed by atoms with E-state index < -0.39 is 11.7 Å². The van der Waals surface area contributed by atoms with Gasteiger partial charge >= 0.3 is 6.18 Å². The molecule has 2 aromatic heterocycles. The summed E-state index contributed by atoms with van der Waals surface area (Å²) < 4.78 is 40.9. The van der Waals surface area contributed by atoms with Crippen molar-refractivity contribution < 1.29 is 13.2 Å². The van der Waals surface area contributed by atoms with E-state index in [1.54, 1.807) is 0 Å². The Balaban J connectivity index is 2.69. The van der Waals surface area contributed by atoms with E-state index in [0.717, 1.165) is 9.36 Å². The third-order valence-electron chi connectivity index (χ3n) is 2.29. The van der Waals surface area contributed by atoms with Crippen LogP contribution in [0, 0.1) is 6.92 Å². The molecular weight excluding hydrogens is 232 g/mol. The van der Waals surface area contributed by atoms with Gasteiger partial charge in [-0.2, -0.15) is 23.4 Å². The van der Waals surface area contributed by atoms with Gasteiger partial charge in [-0.15, -0.1) is 0 Å². The van der Waals surface area contributed by atoms with Crippen molar-refractivity contribution in [2.75, 3.05) is 0 Å².